The van der Waals surface area contributed by atoms with E-state index in [4.69, 9.17) is 0 Å². The molecular weight excluding hydrogens is 328 g/mol. The van der Waals surface area contributed by atoms with E-state index in [1.165, 1.54) is 5.56 Å². The van der Waals surface area contributed by atoms with Crippen LogP contribution in [0.4, 0.5) is 0 Å². The number of likely N-dealkylation sites (tertiary alicyclic amines) is 1. The molecule has 0 saturated carbocycles. The van der Waals surface area contributed by atoms with Crippen LogP contribution in [0.15, 0.2) is 12.4 Å². The molecule has 0 spiro atoms. The maximum absolute atomic E-state index is 12.0. The predicted octanol–water partition coefficient (Wildman–Crippen LogP) is 2.46. The molecule has 7 heteroatoms. The minimum atomic E-state index is -0.0374. The highest BCUT2D eigenvalue weighted by atomic mass is 16.2. The van der Waals surface area contributed by atoms with Crippen molar-refractivity contribution in [3.8, 4) is 0 Å². The summed E-state index contributed by atoms with van der Waals surface area (Å²) in [6, 6.07) is 0.305. The Hall–Kier alpha value is -2.28. The third-order valence-corrected chi connectivity index (χ3v) is 5.28. The monoisotopic (exact) mass is 356 g/mol. The van der Waals surface area contributed by atoms with E-state index in [0.717, 1.165) is 43.3 Å². The Labute approximate surface area is 154 Å². The van der Waals surface area contributed by atoms with Crippen molar-refractivity contribution >= 4 is 5.91 Å². The Balaban J connectivity index is 1.63. The smallest absolute Gasteiger partial charge is 0.271 e. The third-order valence-electron chi connectivity index (χ3n) is 5.28. The fraction of sp³-hybridized carbons (Fsp3) is 0.579. The molecule has 1 amide bonds. The first kappa shape index (κ1) is 18.5. The summed E-state index contributed by atoms with van der Waals surface area (Å²) < 4.78 is 0. The van der Waals surface area contributed by atoms with Gasteiger partial charge in [0, 0.05) is 43.5 Å². The molecular formula is C19H28N6O. The molecule has 140 valence electrons. The zero-order chi connectivity index (χ0) is 18.8. The lowest BCUT2D eigenvalue weighted by Gasteiger charge is -2.35. The summed E-state index contributed by atoms with van der Waals surface area (Å²) in [6.07, 6.45) is 5.66. The van der Waals surface area contributed by atoms with E-state index in [1.54, 1.807) is 25.2 Å². The summed E-state index contributed by atoms with van der Waals surface area (Å²) in [7, 11) is 3.50. The van der Waals surface area contributed by atoms with E-state index >= 15 is 0 Å². The van der Waals surface area contributed by atoms with Gasteiger partial charge in [-0.1, -0.05) is 0 Å². The molecule has 1 atom stereocenters. The topological polar surface area (TPSA) is 78.0 Å². The predicted molar refractivity (Wildman–Crippen MR) is 100 cm³/mol. The van der Waals surface area contributed by atoms with Crippen LogP contribution in [0.5, 0.6) is 0 Å². The van der Waals surface area contributed by atoms with Gasteiger partial charge in [0.05, 0.1) is 6.20 Å². The first-order valence-electron chi connectivity index (χ1n) is 9.17. The molecule has 2 aromatic heterocycles. The van der Waals surface area contributed by atoms with Gasteiger partial charge in [-0.15, -0.1) is 0 Å². The minimum Gasteiger partial charge on any atom is -0.343 e. The maximum Gasteiger partial charge on any atom is 0.271 e. The van der Waals surface area contributed by atoms with Gasteiger partial charge in [0.1, 0.15) is 17.3 Å². The average molecular weight is 356 g/mol. The van der Waals surface area contributed by atoms with Crippen LogP contribution in [-0.2, 0) is 0 Å². The number of nitrogens with one attached hydrogen (secondary N) is 1. The first-order chi connectivity index (χ1) is 12.4. The van der Waals surface area contributed by atoms with Crippen LogP contribution < -0.4 is 0 Å². The molecule has 0 aromatic carbocycles. The summed E-state index contributed by atoms with van der Waals surface area (Å²) >= 11 is 0. The molecule has 26 heavy (non-hydrogen) atoms. The highest BCUT2D eigenvalue weighted by Crippen LogP contribution is 2.31. The number of imidazole rings is 1. The van der Waals surface area contributed by atoms with E-state index in [0.29, 0.717) is 17.7 Å². The second-order valence-corrected chi connectivity index (χ2v) is 7.33. The van der Waals surface area contributed by atoms with Crippen LogP contribution in [0, 0.1) is 13.8 Å². The van der Waals surface area contributed by atoms with Gasteiger partial charge in [-0.2, -0.15) is 0 Å². The number of carbonyl (C=O) groups is 1. The quantitative estimate of drug-likeness (QED) is 0.910. The van der Waals surface area contributed by atoms with Crippen LogP contribution in [0.2, 0.25) is 0 Å². The highest BCUT2D eigenvalue weighted by molar-refractivity contribution is 5.91. The second kappa shape index (κ2) is 7.53. The van der Waals surface area contributed by atoms with Crippen LogP contribution in [0.1, 0.15) is 65.1 Å². The van der Waals surface area contributed by atoms with Crippen LogP contribution >= 0.6 is 0 Å². The number of rotatable bonds is 4. The normalized spacial score (nSPS) is 17.3. The number of H-pyrrole nitrogens is 1. The van der Waals surface area contributed by atoms with Gasteiger partial charge in [0.15, 0.2) is 0 Å². The summed E-state index contributed by atoms with van der Waals surface area (Å²) in [5.74, 6) is 2.08. The van der Waals surface area contributed by atoms with E-state index in [-0.39, 0.29) is 5.91 Å². The molecule has 1 N–H and O–H groups in total. The van der Waals surface area contributed by atoms with Crippen molar-refractivity contribution in [2.75, 3.05) is 27.2 Å². The number of aromatic nitrogens is 4. The van der Waals surface area contributed by atoms with Crippen molar-refractivity contribution in [2.24, 2.45) is 0 Å². The number of hydrogen-bond donors (Lipinski definition) is 1. The molecule has 7 nitrogen and oxygen atoms in total. The minimum absolute atomic E-state index is 0.0374. The Bertz CT molecular complexity index is 776. The Morgan fingerprint density at radius 2 is 1.92 bits per heavy atom. The second-order valence-electron chi connectivity index (χ2n) is 7.33. The standard InChI is InChI=1S/C19H28N6O/c1-12-16(10-20-14(3)22-12)13(2)25-8-6-15(7-9-25)18-21-11-17(23-18)19(26)24(4)5/h10-11,13,15H,6-9H2,1-5H3,(H,21,23). The molecule has 3 heterocycles. The summed E-state index contributed by atoms with van der Waals surface area (Å²) in [6.45, 7) is 8.20. The van der Waals surface area contributed by atoms with Crippen molar-refractivity contribution in [3.63, 3.8) is 0 Å². The van der Waals surface area contributed by atoms with Crippen molar-refractivity contribution in [1.82, 2.24) is 29.7 Å². The van der Waals surface area contributed by atoms with Gasteiger partial charge >= 0.3 is 0 Å². The lowest BCUT2D eigenvalue weighted by Crippen LogP contribution is -2.35. The average Bonchev–Trinajstić information content (AvgIpc) is 3.10. The van der Waals surface area contributed by atoms with Crippen molar-refractivity contribution in [3.05, 3.63) is 41.0 Å². The lowest BCUT2D eigenvalue weighted by atomic mass is 9.94. The Morgan fingerprint density at radius 3 is 2.54 bits per heavy atom. The molecule has 0 aliphatic carbocycles. The Morgan fingerprint density at radius 1 is 1.23 bits per heavy atom. The van der Waals surface area contributed by atoms with E-state index < -0.39 is 0 Å². The maximum atomic E-state index is 12.0. The summed E-state index contributed by atoms with van der Waals surface area (Å²) in [5.41, 5.74) is 2.82. The van der Waals surface area contributed by atoms with Crippen LogP contribution in [0.3, 0.4) is 0 Å². The number of nitrogens with zero attached hydrogens (tertiary/aromatic N) is 5. The zero-order valence-corrected chi connectivity index (χ0v) is 16.3. The Kier molecular flexibility index (Phi) is 5.36. The van der Waals surface area contributed by atoms with E-state index in [1.807, 2.05) is 13.1 Å². The summed E-state index contributed by atoms with van der Waals surface area (Å²) in [4.78, 5) is 32.6. The fourth-order valence-electron chi connectivity index (χ4n) is 3.65. The van der Waals surface area contributed by atoms with Gasteiger partial charge in [-0.25, -0.2) is 15.0 Å². The van der Waals surface area contributed by atoms with Crippen molar-refractivity contribution in [2.45, 2.75) is 45.6 Å². The number of aryl methyl sites for hydroxylation is 2. The fourth-order valence-corrected chi connectivity index (χ4v) is 3.65. The molecule has 1 aliphatic heterocycles. The van der Waals surface area contributed by atoms with Crippen molar-refractivity contribution in [1.29, 1.82) is 0 Å². The van der Waals surface area contributed by atoms with Gasteiger partial charge < -0.3 is 9.88 Å². The largest absolute Gasteiger partial charge is 0.343 e. The molecule has 2 aromatic rings. The first-order valence-corrected chi connectivity index (χ1v) is 9.17. The molecule has 1 aliphatic rings. The number of aromatic amines is 1. The molecule has 0 bridgehead atoms. The van der Waals surface area contributed by atoms with Crippen LogP contribution in [-0.4, -0.2) is 62.8 Å². The van der Waals surface area contributed by atoms with Gasteiger partial charge in [-0.3, -0.25) is 9.69 Å². The number of hydrogen-bond acceptors (Lipinski definition) is 5. The molecule has 1 fully saturated rings. The number of amides is 1. The molecule has 0 radical (unpaired) electrons. The highest BCUT2D eigenvalue weighted by Gasteiger charge is 2.27. The van der Waals surface area contributed by atoms with E-state index in [9.17, 15) is 4.79 Å². The molecule has 3 rings (SSSR count). The number of carbonyl (C=O) groups excluding carboxylic acids is 1. The SMILES string of the molecule is Cc1ncc(C(C)N2CCC(c3ncc(C(=O)N(C)C)[nH]3)CC2)c(C)n1. The van der Waals surface area contributed by atoms with Gasteiger partial charge in [-0.05, 0) is 46.7 Å². The molecule has 1 saturated heterocycles. The lowest BCUT2D eigenvalue weighted by molar-refractivity contribution is 0.0822. The van der Waals surface area contributed by atoms with Gasteiger partial charge in [0.25, 0.3) is 5.91 Å². The van der Waals surface area contributed by atoms with E-state index in [2.05, 4.69) is 38.7 Å². The van der Waals surface area contributed by atoms with Crippen LogP contribution in [0.25, 0.3) is 0 Å². The molecule has 1 unspecified atom stereocenters. The zero-order valence-electron chi connectivity index (χ0n) is 16.3. The van der Waals surface area contributed by atoms with Gasteiger partial charge in [0.2, 0.25) is 0 Å². The van der Waals surface area contributed by atoms with Crippen molar-refractivity contribution < 1.29 is 4.79 Å². The third kappa shape index (κ3) is 3.77. The summed E-state index contributed by atoms with van der Waals surface area (Å²) in [5, 5.41) is 0. The number of piperidine rings is 1.